The molecule has 0 aliphatic rings. The van der Waals surface area contributed by atoms with Crippen molar-refractivity contribution < 1.29 is 9.18 Å². The molecule has 2 N–H and O–H groups in total. The molecule has 3 rings (SSSR count). The van der Waals surface area contributed by atoms with Crippen molar-refractivity contribution >= 4 is 34.1 Å². The molecule has 0 spiro atoms. The van der Waals surface area contributed by atoms with Crippen LogP contribution in [0.2, 0.25) is 5.02 Å². The van der Waals surface area contributed by atoms with E-state index in [0.29, 0.717) is 16.6 Å². The maximum Gasteiger partial charge on any atom is 0.256 e. The molecule has 0 saturated carbocycles. The zero-order valence-corrected chi connectivity index (χ0v) is 11.9. The number of fused-ring (bicyclic) bond motifs is 1. The van der Waals surface area contributed by atoms with E-state index < -0.39 is 11.7 Å². The predicted molar refractivity (Wildman–Crippen MR) is 83.9 cm³/mol. The zero-order valence-electron chi connectivity index (χ0n) is 11.2. The molecule has 0 aliphatic carbocycles. The van der Waals surface area contributed by atoms with Gasteiger partial charge in [0.15, 0.2) is 0 Å². The molecule has 110 valence electrons. The van der Waals surface area contributed by atoms with Gasteiger partial charge in [-0.1, -0.05) is 29.8 Å². The van der Waals surface area contributed by atoms with Crippen LogP contribution < -0.4 is 10.9 Å². The highest BCUT2D eigenvalue weighted by atomic mass is 35.5. The first kappa shape index (κ1) is 14.3. The van der Waals surface area contributed by atoms with Crippen LogP contribution in [-0.4, -0.2) is 10.9 Å². The third-order valence-electron chi connectivity index (χ3n) is 3.17. The summed E-state index contributed by atoms with van der Waals surface area (Å²) >= 11 is 5.68. The molecule has 1 aromatic heterocycles. The van der Waals surface area contributed by atoms with Crippen molar-refractivity contribution in [2.24, 2.45) is 0 Å². The topological polar surface area (TPSA) is 62.0 Å². The molecule has 22 heavy (non-hydrogen) atoms. The summed E-state index contributed by atoms with van der Waals surface area (Å²) in [5.41, 5.74) is 0.777. The number of anilines is 1. The molecule has 0 radical (unpaired) electrons. The highest BCUT2D eigenvalue weighted by molar-refractivity contribution is 6.31. The van der Waals surface area contributed by atoms with Crippen LogP contribution in [0.1, 0.15) is 10.4 Å². The van der Waals surface area contributed by atoms with Gasteiger partial charge in [-0.3, -0.25) is 9.59 Å². The maximum absolute atomic E-state index is 13.1. The lowest BCUT2D eigenvalue weighted by molar-refractivity contribution is 0.102. The fraction of sp³-hybridized carbons (Fsp3) is 0. The van der Waals surface area contributed by atoms with E-state index in [4.69, 9.17) is 11.6 Å². The molecular weight excluding hydrogens is 307 g/mol. The number of halogens is 2. The van der Waals surface area contributed by atoms with Crippen LogP contribution in [0.15, 0.2) is 53.3 Å². The summed E-state index contributed by atoms with van der Waals surface area (Å²) in [5.74, 6) is -1.04. The van der Waals surface area contributed by atoms with E-state index in [1.807, 2.05) is 0 Å². The minimum Gasteiger partial charge on any atom is -0.322 e. The maximum atomic E-state index is 13.1. The van der Waals surface area contributed by atoms with Gasteiger partial charge < -0.3 is 10.3 Å². The molecule has 0 atom stereocenters. The molecule has 2 aromatic carbocycles. The standard InChI is InChI=1S/C16H10ClFN2O2/c17-12-7-9(5-6-13(12)18)19-16(22)11-8-15(21)20-14-4-2-1-3-10(11)14/h1-8H,(H,19,22)(H,20,21). The van der Waals surface area contributed by atoms with Gasteiger partial charge in [0.1, 0.15) is 5.82 Å². The van der Waals surface area contributed by atoms with Gasteiger partial charge >= 0.3 is 0 Å². The van der Waals surface area contributed by atoms with E-state index in [1.54, 1.807) is 24.3 Å². The number of carbonyl (C=O) groups excluding carboxylic acids is 1. The number of aromatic nitrogens is 1. The van der Waals surface area contributed by atoms with Crippen LogP contribution >= 0.6 is 11.6 Å². The van der Waals surface area contributed by atoms with Crippen molar-refractivity contribution in [2.75, 3.05) is 5.32 Å². The van der Waals surface area contributed by atoms with Crippen LogP contribution in [0.25, 0.3) is 10.9 Å². The van der Waals surface area contributed by atoms with Crippen molar-refractivity contribution in [1.82, 2.24) is 4.98 Å². The lowest BCUT2D eigenvalue weighted by Gasteiger charge is -2.08. The van der Waals surface area contributed by atoms with E-state index >= 15 is 0 Å². The van der Waals surface area contributed by atoms with Gasteiger partial charge in [-0.2, -0.15) is 0 Å². The first-order chi connectivity index (χ1) is 10.5. The van der Waals surface area contributed by atoms with Crippen molar-refractivity contribution in [1.29, 1.82) is 0 Å². The molecule has 1 amide bonds. The second kappa shape index (κ2) is 5.61. The number of amides is 1. The Hall–Kier alpha value is -2.66. The number of hydrogen-bond donors (Lipinski definition) is 2. The van der Waals surface area contributed by atoms with Crippen molar-refractivity contribution in [3.63, 3.8) is 0 Å². The van der Waals surface area contributed by atoms with E-state index in [1.165, 1.54) is 18.2 Å². The van der Waals surface area contributed by atoms with Gasteiger partial charge in [0, 0.05) is 22.7 Å². The predicted octanol–water partition coefficient (Wildman–Crippen LogP) is 3.57. The van der Waals surface area contributed by atoms with Gasteiger partial charge in [-0.15, -0.1) is 0 Å². The van der Waals surface area contributed by atoms with Crippen molar-refractivity contribution in [3.8, 4) is 0 Å². The lowest BCUT2D eigenvalue weighted by Crippen LogP contribution is -2.16. The summed E-state index contributed by atoms with van der Waals surface area (Å²) in [4.78, 5) is 26.7. The molecule has 0 saturated heterocycles. The highest BCUT2D eigenvalue weighted by Gasteiger charge is 2.12. The first-order valence-corrected chi connectivity index (χ1v) is 6.81. The average molecular weight is 317 g/mol. The molecule has 0 fully saturated rings. The Labute approximate surface area is 129 Å². The minimum atomic E-state index is -0.568. The van der Waals surface area contributed by atoms with E-state index in [0.717, 1.165) is 6.07 Å². The minimum absolute atomic E-state index is 0.0893. The molecule has 3 aromatic rings. The molecule has 1 heterocycles. The summed E-state index contributed by atoms with van der Waals surface area (Å²) in [7, 11) is 0. The Morgan fingerprint density at radius 1 is 1.14 bits per heavy atom. The van der Waals surface area contributed by atoms with Crippen LogP contribution in [-0.2, 0) is 0 Å². The fourth-order valence-corrected chi connectivity index (χ4v) is 2.35. The van der Waals surface area contributed by atoms with E-state index in [-0.39, 0.29) is 16.1 Å². The van der Waals surface area contributed by atoms with E-state index in [9.17, 15) is 14.0 Å². The highest BCUT2D eigenvalue weighted by Crippen LogP contribution is 2.21. The van der Waals surface area contributed by atoms with Crippen LogP contribution in [0.3, 0.4) is 0 Å². The molecule has 6 heteroatoms. The molecule has 4 nitrogen and oxygen atoms in total. The summed E-state index contributed by atoms with van der Waals surface area (Å²) < 4.78 is 13.1. The lowest BCUT2D eigenvalue weighted by atomic mass is 10.1. The Bertz CT molecular complexity index is 937. The number of H-pyrrole nitrogens is 1. The van der Waals surface area contributed by atoms with Crippen molar-refractivity contribution in [3.05, 3.63) is 75.3 Å². The zero-order chi connectivity index (χ0) is 15.7. The van der Waals surface area contributed by atoms with Crippen molar-refractivity contribution in [2.45, 2.75) is 0 Å². The number of para-hydroxylation sites is 1. The fourth-order valence-electron chi connectivity index (χ4n) is 2.16. The number of benzene rings is 2. The number of carbonyl (C=O) groups is 1. The Balaban J connectivity index is 2.02. The van der Waals surface area contributed by atoms with Crippen LogP contribution in [0, 0.1) is 5.82 Å². The third-order valence-corrected chi connectivity index (χ3v) is 3.46. The molecule has 0 unspecified atom stereocenters. The molecular formula is C16H10ClFN2O2. The van der Waals surface area contributed by atoms with Gasteiger partial charge in [0.05, 0.1) is 10.6 Å². The van der Waals surface area contributed by atoms with Gasteiger partial charge in [-0.25, -0.2) is 4.39 Å². The quantitative estimate of drug-likeness (QED) is 0.759. The summed E-state index contributed by atoms with van der Waals surface area (Å²) in [6.45, 7) is 0. The Morgan fingerprint density at radius 3 is 2.68 bits per heavy atom. The summed E-state index contributed by atoms with van der Waals surface area (Å²) in [6, 6.07) is 12.1. The Kier molecular flexibility index (Phi) is 3.65. The number of pyridine rings is 1. The second-order valence-corrected chi connectivity index (χ2v) is 5.08. The average Bonchev–Trinajstić information content (AvgIpc) is 2.50. The van der Waals surface area contributed by atoms with Gasteiger partial charge in [0.2, 0.25) is 5.56 Å². The third kappa shape index (κ3) is 2.71. The number of nitrogens with one attached hydrogen (secondary N) is 2. The van der Waals surface area contributed by atoms with Gasteiger partial charge in [0.25, 0.3) is 5.91 Å². The Morgan fingerprint density at radius 2 is 1.91 bits per heavy atom. The van der Waals surface area contributed by atoms with Gasteiger partial charge in [-0.05, 0) is 24.3 Å². The SMILES string of the molecule is O=C(Nc1ccc(F)c(Cl)c1)c1cc(=O)[nH]c2ccccc12. The number of rotatable bonds is 2. The monoisotopic (exact) mass is 316 g/mol. The normalized spacial score (nSPS) is 10.6. The first-order valence-electron chi connectivity index (χ1n) is 6.43. The van der Waals surface area contributed by atoms with Crippen LogP contribution in [0.4, 0.5) is 10.1 Å². The largest absolute Gasteiger partial charge is 0.322 e. The second-order valence-electron chi connectivity index (χ2n) is 4.68. The summed E-state index contributed by atoms with van der Waals surface area (Å²) in [5, 5.41) is 3.13. The number of hydrogen-bond acceptors (Lipinski definition) is 2. The van der Waals surface area contributed by atoms with E-state index in [2.05, 4.69) is 10.3 Å². The summed E-state index contributed by atoms with van der Waals surface area (Å²) in [6.07, 6.45) is 0. The van der Waals surface area contributed by atoms with Crippen LogP contribution in [0.5, 0.6) is 0 Å². The number of aromatic amines is 1. The smallest absolute Gasteiger partial charge is 0.256 e. The molecule has 0 aliphatic heterocycles. The molecule has 0 bridgehead atoms.